The molecule has 0 fully saturated rings. The summed E-state index contributed by atoms with van der Waals surface area (Å²) >= 11 is 0. The molecule has 122 valence electrons. The molecule has 2 aromatic rings. The zero-order chi connectivity index (χ0) is 16.5. The molecule has 5 nitrogen and oxygen atoms in total. The summed E-state index contributed by atoms with van der Waals surface area (Å²) in [6.07, 6.45) is 0.735. The fourth-order valence-corrected chi connectivity index (χ4v) is 2.03. The van der Waals surface area contributed by atoms with Gasteiger partial charge in [-0.1, -0.05) is 12.1 Å². The summed E-state index contributed by atoms with van der Waals surface area (Å²) in [5.74, 6) is 1.50. The summed E-state index contributed by atoms with van der Waals surface area (Å²) < 4.78 is 10.7. The zero-order valence-corrected chi connectivity index (χ0v) is 13.2. The van der Waals surface area contributed by atoms with Crippen molar-refractivity contribution in [2.45, 2.75) is 13.0 Å². The van der Waals surface area contributed by atoms with Gasteiger partial charge in [0.1, 0.15) is 11.5 Å². The van der Waals surface area contributed by atoms with Crippen molar-refractivity contribution in [3.05, 3.63) is 59.7 Å². The summed E-state index contributed by atoms with van der Waals surface area (Å²) in [5.41, 5.74) is 7.18. The van der Waals surface area contributed by atoms with E-state index in [0.717, 1.165) is 23.5 Å². The number of amides is 1. The van der Waals surface area contributed by atoms with E-state index in [1.165, 1.54) is 0 Å². The van der Waals surface area contributed by atoms with E-state index in [1.807, 2.05) is 36.4 Å². The summed E-state index contributed by atoms with van der Waals surface area (Å²) in [6.45, 7) is 1.58. The molecule has 0 aromatic heterocycles. The molecule has 0 heterocycles. The molecule has 0 bridgehead atoms. The summed E-state index contributed by atoms with van der Waals surface area (Å²) in [7, 11) is 1.63. The second kappa shape index (κ2) is 8.80. The second-order valence-electron chi connectivity index (χ2n) is 5.03. The first kappa shape index (κ1) is 16.8. The zero-order valence-electron chi connectivity index (χ0n) is 13.2. The Morgan fingerprint density at radius 2 is 1.70 bits per heavy atom. The van der Waals surface area contributed by atoms with Crippen molar-refractivity contribution in [1.82, 2.24) is 5.32 Å². The maximum atomic E-state index is 12.0. The maximum Gasteiger partial charge on any atom is 0.251 e. The minimum absolute atomic E-state index is 0.0852. The van der Waals surface area contributed by atoms with Gasteiger partial charge in [0, 0.05) is 18.7 Å². The van der Waals surface area contributed by atoms with E-state index in [4.69, 9.17) is 15.2 Å². The highest BCUT2D eigenvalue weighted by molar-refractivity contribution is 5.94. The lowest BCUT2D eigenvalue weighted by Gasteiger charge is -2.08. The number of ether oxygens (including phenoxy) is 2. The molecule has 0 radical (unpaired) electrons. The van der Waals surface area contributed by atoms with Crippen LogP contribution in [0.1, 0.15) is 22.3 Å². The molecule has 0 aliphatic rings. The fourth-order valence-electron chi connectivity index (χ4n) is 2.03. The monoisotopic (exact) mass is 314 g/mol. The summed E-state index contributed by atoms with van der Waals surface area (Å²) in [6, 6.07) is 14.7. The summed E-state index contributed by atoms with van der Waals surface area (Å²) in [4.78, 5) is 12.0. The number of rotatable bonds is 8. The lowest BCUT2D eigenvalue weighted by Crippen LogP contribution is -2.25. The Morgan fingerprint density at radius 3 is 2.30 bits per heavy atom. The Morgan fingerprint density at radius 1 is 1.04 bits per heavy atom. The van der Waals surface area contributed by atoms with Crippen LogP contribution in [0.5, 0.6) is 11.5 Å². The number of methoxy groups -OCH3 is 1. The van der Waals surface area contributed by atoms with Crippen LogP contribution in [0.25, 0.3) is 0 Å². The van der Waals surface area contributed by atoms with Crippen molar-refractivity contribution < 1.29 is 14.3 Å². The molecule has 1 amide bonds. The molecule has 0 saturated carbocycles. The summed E-state index contributed by atoms with van der Waals surface area (Å²) in [5, 5.41) is 2.87. The van der Waals surface area contributed by atoms with Gasteiger partial charge >= 0.3 is 0 Å². The molecule has 3 N–H and O–H groups in total. The van der Waals surface area contributed by atoms with Crippen molar-refractivity contribution in [1.29, 1.82) is 0 Å². The van der Waals surface area contributed by atoms with Crippen LogP contribution in [-0.4, -0.2) is 26.2 Å². The van der Waals surface area contributed by atoms with Crippen molar-refractivity contribution in [3.63, 3.8) is 0 Å². The van der Waals surface area contributed by atoms with E-state index in [9.17, 15) is 4.79 Å². The Bertz CT molecular complexity index is 609. The maximum absolute atomic E-state index is 12.0. The molecule has 2 aromatic carbocycles. The molecule has 0 aliphatic heterocycles. The van der Waals surface area contributed by atoms with Crippen LogP contribution >= 0.6 is 0 Å². The average Bonchev–Trinajstić information content (AvgIpc) is 2.62. The standard InChI is InChI=1S/C18H22N2O3/c1-22-16-7-9-17(10-8-16)23-12-2-11-20-18(21)15-5-3-14(13-19)4-6-15/h3-10H,2,11-13,19H2,1H3,(H,20,21). The largest absolute Gasteiger partial charge is 0.497 e. The van der Waals surface area contributed by atoms with E-state index in [2.05, 4.69) is 5.32 Å². The Kier molecular flexibility index (Phi) is 6.44. The van der Waals surface area contributed by atoms with Gasteiger partial charge < -0.3 is 20.5 Å². The van der Waals surface area contributed by atoms with Gasteiger partial charge in [-0.3, -0.25) is 4.79 Å². The number of carbonyl (C=O) groups is 1. The first-order valence-electron chi connectivity index (χ1n) is 7.57. The van der Waals surface area contributed by atoms with Gasteiger partial charge in [0.2, 0.25) is 0 Å². The van der Waals surface area contributed by atoms with Gasteiger partial charge in [0.25, 0.3) is 5.91 Å². The van der Waals surface area contributed by atoms with Gasteiger partial charge in [-0.05, 0) is 48.4 Å². The van der Waals surface area contributed by atoms with Gasteiger partial charge in [-0.15, -0.1) is 0 Å². The number of hydrogen-bond acceptors (Lipinski definition) is 4. The molecular formula is C18H22N2O3. The number of hydrogen-bond donors (Lipinski definition) is 2. The van der Waals surface area contributed by atoms with Gasteiger partial charge in [0.15, 0.2) is 0 Å². The molecule has 5 heteroatoms. The molecule has 0 unspecified atom stereocenters. The number of nitrogens with two attached hydrogens (primary N) is 1. The van der Waals surface area contributed by atoms with Crippen molar-refractivity contribution in [2.75, 3.05) is 20.3 Å². The van der Waals surface area contributed by atoms with Crippen LogP contribution in [0.4, 0.5) is 0 Å². The Balaban J connectivity index is 1.66. The van der Waals surface area contributed by atoms with Crippen molar-refractivity contribution in [3.8, 4) is 11.5 Å². The predicted molar refractivity (Wildman–Crippen MR) is 89.8 cm³/mol. The normalized spacial score (nSPS) is 10.2. The SMILES string of the molecule is COc1ccc(OCCCNC(=O)c2ccc(CN)cc2)cc1. The average molecular weight is 314 g/mol. The van der Waals surface area contributed by atoms with Gasteiger partial charge in [-0.2, -0.15) is 0 Å². The molecule has 0 atom stereocenters. The highest BCUT2D eigenvalue weighted by atomic mass is 16.5. The lowest BCUT2D eigenvalue weighted by molar-refractivity contribution is 0.0951. The molecule has 2 rings (SSSR count). The molecular weight excluding hydrogens is 292 g/mol. The third-order valence-corrected chi connectivity index (χ3v) is 3.39. The topological polar surface area (TPSA) is 73.6 Å². The van der Waals surface area contributed by atoms with E-state index < -0.39 is 0 Å². The Labute approximate surface area is 136 Å². The smallest absolute Gasteiger partial charge is 0.251 e. The third-order valence-electron chi connectivity index (χ3n) is 3.39. The first-order chi connectivity index (χ1) is 11.2. The van der Waals surface area contributed by atoms with E-state index in [0.29, 0.717) is 25.3 Å². The van der Waals surface area contributed by atoms with Crippen molar-refractivity contribution in [2.24, 2.45) is 5.73 Å². The second-order valence-corrected chi connectivity index (χ2v) is 5.03. The van der Waals surface area contributed by atoms with Gasteiger partial charge in [0.05, 0.1) is 13.7 Å². The van der Waals surface area contributed by atoms with Crippen LogP contribution in [-0.2, 0) is 6.54 Å². The van der Waals surface area contributed by atoms with Gasteiger partial charge in [-0.25, -0.2) is 0 Å². The minimum atomic E-state index is -0.0852. The predicted octanol–water partition coefficient (Wildman–Crippen LogP) is 2.35. The van der Waals surface area contributed by atoms with Crippen LogP contribution < -0.4 is 20.5 Å². The number of nitrogens with one attached hydrogen (secondary N) is 1. The van der Waals surface area contributed by atoms with Crippen molar-refractivity contribution >= 4 is 5.91 Å². The van der Waals surface area contributed by atoms with Crippen LogP contribution in [0, 0.1) is 0 Å². The highest BCUT2D eigenvalue weighted by Crippen LogP contribution is 2.16. The molecule has 0 spiro atoms. The fraction of sp³-hybridized carbons (Fsp3) is 0.278. The van der Waals surface area contributed by atoms with E-state index in [1.54, 1.807) is 19.2 Å². The number of carbonyl (C=O) groups excluding carboxylic acids is 1. The van der Waals surface area contributed by atoms with E-state index >= 15 is 0 Å². The molecule has 23 heavy (non-hydrogen) atoms. The third kappa shape index (κ3) is 5.30. The van der Waals surface area contributed by atoms with Crippen LogP contribution in [0.15, 0.2) is 48.5 Å². The first-order valence-corrected chi connectivity index (χ1v) is 7.57. The highest BCUT2D eigenvalue weighted by Gasteiger charge is 2.04. The molecule has 0 saturated heterocycles. The van der Waals surface area contributed by atoms with E-state index in [-0.39, 0.29) is 5.91 Å². The number of benzene rings is 2. The Hall–Kier alpha value is -2.53. The lowest BCUT2D eigenvalue weighted by atomic mass is 10.1. The van der Waals surface area contributed by atoms with Crippen LogP contribution in [0.2, 0.25) is 0 Å². The molecule has 0 aliphatic carbocycles. The van der Waals surface area contributed by atoms with Crippen LogP contribution in [0.3, 0.4) is 0 Å². The quantitative estimate of drug-likeness (QED) is 0.734. The minimum Gasteiger partial charge on any atom is -0.497 e.